The monoisotopic (exact) mass is 268 g/mol. The van der Waals surface area contributed by atoms with Crippen LogP contribution in [0.5, 0.6) is 0 Å². The molecule has 1 unspecified atom stereocenters. The van der Waals surface area contributed by atoms with Gasteiger partial charge in [0.05, 0.1) is 6.54 Å². The summed E-state index contributed by atoms with van der Waals surface area (Å²) in [5.41, 5.74) is -0.644. The normalized spacial score (nSPS) is 12.8. The van der Waals surface area contributed by atoms with Crippen molar-refractivity contribution in [1.82, 2.24) is 10.6 Å². The Morgan fingerprint density at radius 2 is 1.84 bits per heavy atom. The molecule has 0 spiro atoms. The summed E-state index contributed by atoms with van der Waals surface area (Å²) in [6, 6.07) is -0.741. The highest BCUT2D eigenvalue weighted by Crippen LogP contribution is 2.13. The van der Waals surface area contributed by atoms with E-state index >= 15 is 0 Å². The third-order valence-corrected chi connectivity index (χ3v) is 3.28. The third kappa shape index (κ3) is 5.31. The predicted octanol–water partition coefficient (Wildman–Crippen LogP) is 0.993. The Bertz CT molecular complexity index is 354. The van der Waals surface area contributed by atoms with Crippen LogP contribution in [0.25, 0.3) is 0 Å². The summed E-state index contributed by atoms with van der Waals surface area (Å²) in [6.45, 7) is 7.33. The summed E-state index contributed by atoms with van der Waals surface area (Å²) < 4.78 is 0. The van der Waals surface area contributed by atoms with Crippen molar-refractivity contribution >= 4 is 11.9 Å². The van der Waals surface area contributed by atoms with Gasteiger partial charge in [0, 0.05) is 0 Å². The van der Waals surface area contributed by atoms with Crippen LogP contribution >= 0.6 is 0 Å². The van der Waals surface area contributed by atoms with Gasteiger partial charge in [-0.3, -0.25) is 14.9 Å². The van der Waals surface area contributed by atoms with Crippen molar-refractivity contribution in [2.75, 3.05) is 6.54 Å². The fraction of sp³-hybridized carbons (Fsp3) is 0.714. The first-order chi connectivity index (χ1) is 8.81. The Hall–Kier alpha value is -1.54. The molecule has 3 N–H and O–H groups in total. The maximum atomic E-state index is 11.8. The van der Waals surface area contributed by atoms with Crippen molar-refractivity contribution in [3.8, 4) is 12.3 Å². The second-order valence-electron chi connectivity index (χ2n) is 4.92. The number of hydrogen-bond acceptors (Lipinski definition) is 3. The summed E-state index contributed by atoms with van der Waals surface area (Å²) >= 11 is 0. The molecule has 0 saturated carbocycles. The molecule has 0 aliphatic heterocycles. The molecule has 0 aliphatic rings. The van der Waals surface area contributed by atoms with E-state index in [2.05, 4.69) is 16.6 Å². The van der Waals surface area contributed by atoms with Crippen LogP contribution in [0.1, 0.15) is 40.5 Å². The van der Waals surface area contributed by atoms with E-state index in [0.29, 0.717) is 12.8 Å². The summed E-state index contributed by atoms with van der Waals surface area (Å²) in [7, 11) is 0. The zero-order chi connectivity index (χ0) is 15.1. The lowest BCUT2D eigenvalue weighted by Gasteiger charge is -2.27. The lowest BCUT2D eigenvalue weighted by Crippen LogP contribution is -2.52. The number of terminal acetylenes is 1. The van der Waals surface area contributed by atoms with Crippen LogP contribution in [0, 0.1) is 18.3 Å². The molecule has 0 radical (unpaired) electrons. The minimum absolute atomic E-state index is 0.0570. The topological polar surface area (TPSA) is 78.4 Å². The van der Waals surface area contributed by atoms with Crippen LogP contribution in [0.2, 0.25) is 0 Å². The quantitative estimate of drug-likeness (QED) is 0.574. The van der Waals surface area contributed by atoms with Crippen LogP contribution in [0.4, 0.5) is 0 Å². The molecular formula is C14H24N2O3. The molecule has 0 aliphatic carbocycles. The second kappa shape index (κ2) is 7.80. The average molecular weight is 268 g/mol. The van der Waals surface area contributed by atoms with E-state index in [0.717, 1.165) is 0 Å². The average Bonchev–Trinajstić information content (AvgIpc) is 2.35. The van der Waals surface area contributed by atoms with E-state index in [-0.39, 0.29) is 18.4 Å². The molecular weight excluding hydrogens is 244 g/mol. The highest BCUT2D eigenvalue weighted by Gasteiger charge is 2.26. The van der Waals surface area contributed by atoms with Crippen LogP contribution in [0.15, 0.2) is 0 Å². The first kappa shape index (κ1) is 17.5. The Morgan fingerprint density at radius 1 is 1.32 bits per heavy atom. The molecule has 0 bridgehead atoms. The van der Waals surface area contributed by atoms with Crippen molar-refractivity contribution in [1.29, 1.82) is 0 Å². The van der Waals surface area contributed by atoms with Gasteiger partial charge in [-0.1, -0.05) is 33.6 Å². The predicted molar refractivity (Wildman–Crippen MR) is 74.6 cm³/mol. The molecule has 0 fully saturated rings. The molecule has 0 heterocycles. The van der Waals surface area contributed by atoms with Gasteiger partial charge >= 0.3 is 5.97 Å². The van der Waals surface area contributed by atoms with Gasteiger partial charge in [-0.2, -0.15) is 0 Å². The highest BCUT2D eigenvalue weighted by atomic mass is 16.4. The lowest BCUT2D eigenvalue weighted by atomic mass is 9.94. The van der Waals surface area contributed by atoms with Crippen molar-refractivity contribution in [3.63, 3.8) is 0 Å². The molecule has 1 atom stereocenters. The number of rotatable bonds is 8. The molecule has 0 aromatic heterocycles. The van der Waals surface area contributed by atoms with E-state index in [1.54, 1.807) is 13.8 Å². The van der Waals surface area contributed by atoms with Crippen molar-refractivity contribution < 1.29 is 14.7 Å². The van der Waals surface area contributed by atoms with Crippen LogP contribution in [-0.2, 0) is 9.59 Å². The van der Waals surface area contributed by atoms with Gasteiger partial charge < -0.3 is 10.4 Å². The molecule has 5 nitrogen and oxygen atoms in total. The van der Waals surface area contributed by atoms with Gasteiger partial charge in [0.15, 0.2) is 0 Å². The Balaban J connectivity index is 4.48. The Kier molecular flexibility index (Phi) is 7.17. The first-order valence-corrected chi connectivity index (χ1v) is 6.56. The minimum Gasteiger partial charge on any atom is -0.480 e. The smallest absolute Gasteiger partial charge is 0.320 e. The molecule has 0 aromatic carbocycles. The minimum atomic E-state index is -0.961. The van der Waals surface area contributed by atoms with Crippen molar-refractivity contribution in [3.05, 3.63) is 0 Å². The SMILES string of the molecule is C#CC(CC)(CC)NC(=O)CNC(C(=O)O)C(C)C. The van der Waals surface area contributed by atoms with Gasteiger partial charge in [0.25, 0.3) is 0 Å². The van der Waals surface area contributed by atoms with Gasteiger partial charge in [-0.05, 0) is 18.8 Å². The Labute approximate surface area is 115 Å². The van der Waals surface area contributed by atoms with E-state index in [1.165, 1.54) is 0 Å². The largest absolute Gasteiger partial charge is 0.480 e. The zero-order valence-electron chi connectivity index (χ0n) is 12.1. The maximum absolute atomic E-state index is 11.8. The van der Waals surface area contributed by atoms with Gasteiger partial charge in [0.2, 0.25) is 5.91 Å². The number of carboxylic acid groups (broad SMARTS) is 1. The summed E-state index contributed by atoms with van der Waals surface area (Å²) in [4.78, 5) is 22.8. The van der Waals surface area contributed by atoms with Crippen LogP contribution < -0.4 is 10.6 Å². The summed E-state index contributed by atoms with van der Waals surface area (Å²) in [5, 5.41) is 14.5. The maximum Gasteiger partial charge on any atom is 0.320 e. The van der Waals surface area contributed by atoms with Crippen molar-refractivity contribution in [2.24, 2.45) is 5.92 Å². The van der Waals surface area contributed by atoms with Crippen molar-refractivity contribution in [2.45, 2.75) is 52.1 Å². The molecule has 19 heavy (non-hydrogen) atoms. The zero-order valence-corrected chi connectivity index (χ0v) is 12.1. The van der Waals surface area contributed by atoms with E-state index in [4.69, 9.17) is 11.5 Å². The Morgan fingerprint density at radius 3 is 2.16 bits per heavy atom. The number of aliphatic carboxylic acids is 1. The summed E-state index contributed by atoms with van der Waals surface area (Å²) in [6.07, 6.45) is 6.72. The lowest BCUT2D eigenvalue weighted by molar-refractivity contribution is -0.140. The van der Waals surface area contributed by atoms with Gasteiger partial charge in [-0.15, -0.1) is 6.42 Å². The first-order valence-electron chi connectivity index (χ1n) is 6.56. The van der Waals surface area contributed by atoms with E-state index in [9.17, 15) is 9.59 Å². The van der Waals surface area contributed by atoms with Crippen LogP contribution in [-0.4, -0.2) is 35.1 Å². The number of hydrogen-bond donors (Lipinski definition) is 3. The number of nitrogens with one attached hydrogen (secondary N) is 2. The second-order valence-corrected chi connectivity index (χ2v) is 4.92. The molecule has 108 valence electrons. The molecule has 0 rings (SSSR count). The highest BCUT2D eigenvalue weighted by molar-refractivity contribution is 5.81. The third-order valence-electron chi connectivity index (χ3n) is 3.28. The van der Waals surface area contributed by atoms with Gasteiger partial charge in [0.1, 0.15) is 11.6 Å². The fourth-order valence-electron chi connectivity index (χ4n) is 1.79. The summed E-state index contributed by atoms with van der Waals surface area (Å²) in [5.74, 6) is 1.26. The van der Waals surface area contributed by atoms with Gasteiger partial charge in [-0.25, -0.2) is 0 Å². The molecule has 5 heteroatoms. The number of carbonyl (C=O) groups excluding carboxylic acids is 1. The molecule has 1 amide bonds. The number of carboxylic acids is 1. The standard InChI is InChI=1S/C14H24N2O3/c1-6-14(7-2,8-3)16-11(17)9-15-12(10(4)5)13(18)19/h1,10,12,15H,7-9H2,2-5H3,(H,16,17)(H,18,19). The fourth-order valence-corrected chi connectivity index (χ4v) is 1.79. The molecule has 0 saturated heterocycles. The molecule has 0 aromatic rings. The van der Waals surface area contributed by atoms with E-state index < -0.39 is 17.6 Å². The van der Waals surface area contributed by atoms with Crippen LogP contribution in [0.3, 0.4) is 0 Å². The van der Waals surface area contributed by atoms with E-state index in [1.807, 2.05) is 13.8 Å². The number of carbonyl (C=O) groups is 2. The number of amides is 1.